The molecule has 2 aromatic rings. The van der Waals surface area contributed by atoms with Gasteiger partial charge in [-0.1, -0.05) is 17.3 Å². The molecule has 158 valence electrons. The zero-order chi connectivity index (χ0) is 16.7. The van der Waals surface area contributed by atoms with Gasteiger partial charge >= 0.3 is 0 Å². The Labute approximate surface area is 175 Å². The average molecular weight is 419 g/mol. The number of nitrogens with zero attached hydrogens (tertiary/aromatic N) is 3. The van der Waals surface area contributed by atoms with Gasteiger partial charge in [0.1, 0.15) is 18.1 Å². The minimum absolute atomic E-state index is 0. The second-order valence-corrected chi connectivity index (χ2v) is 5.37. The second kappa shape index (κ2) is 15.4. The van der Waals surface area contributed by atoms with E-state index in [1.807, 2.05) is 30.5 Å². The number of rotatable bonds is 9. The first-order valence-corrected chi connectivity index (χ1v) is 7.70. The summed E-state index contributed by atoms with van der Waals surface area (Å²) in [6.45, 7) is 6.53. The Morgan fingerprint density at radius 3 is 2.37 bits per heavy atom. The van der Waals surface area contributed by atoms with Crippen molar-refractivity contribution in [1.82, 2.24) is 20.3 Å². The molecule has 1 heterocycles. The normalized spacial score (nSPS) is 10.3. The summed E-state index contributed by atoms with van der Waals surface area (Å²) in [7, 11) is 1.80. The summed E-state index contributed by atoms with van der Waals surface area (Å²) in [5, 5.41) is 11.0. The van der Waals surface area contributed by atoms with Gasteiger partial charge in [0.25, 0.3) is 0 Å². The van der Waals surface area contributed by atoms with Crippen molar-refractivity contribution in [2.75, 3.05) is 13.7 Å². The molecule has 0 saturated carbocycles. The third kappa shape index (κ3) is 9.69. The average Bonchev–Trinajstić information content (AvgIpc) is 3.01. The Hall–Kier alpha value is -1.72. The predicted molar refractivity (Wildman–Crippen MR) is 107 cm³/mol. The molecule has 27 heavy (non-hydrogen) atoms. The molecule has 0 aliphatic rings. The number of ether oxygens (including phenoxy) is 1. The molecule has 0 spiro atoms. The Morgan fingerprint density at radius 2 is 1.89 bits per heavy atom. The number of ketones is 1. The van der Waals surface area contributed by atoms with Gasteiger partial charge in [0.05, 0.1) is 18.3 Å². The SMILES string of the molecule is [CH2-]Cc1cn(CCOc2ccc(C[C@H](NC)C(C)=O)cc2)nn1.[CH3-].[CH3-].[CH3-].[Ni]. The van der Waals surface area contributed by atoms with Gasteiger partial charge in [0, 0.05) is 22.7 Å². The van der Waals surface area contributed by atoms with Crippen molar-refractivity contribution in [3.8, 4) is 5.75 Å². The van der Waals surface area contributed by atoms with Crippen LogP contribution in [-0.4, -0.2) is 40.5 Å². The van der Waals surface area contributed by atoms with E-state index in [0.29, 0.717) is 26.0 Å². The molecule has 0 aliphatic heterocycles. The Kier molecular flexibility index (Phi) is 17.1. The van der Waals surface area contributed by atoms with Crippen LogP contribution in [0.1, 0.15) is 18.2 Å². The van der Waals surface area contributed by atoms with Gasteiger partial charge < -0.3 is 39.3 Å². The predicted octanol–water partition coefficient (Wildman–Crippen LogP) is 2.80. The van der Waals surface area contributed by atoms with Gasteiger partial charge in [-0.3, -0.25) is 4.79 Å². The second-order valence-electron chi connectivity index (χ2n) is 5.37. The van der Waals surface area contributed by atoms with Crippen molar-refractivity contribution in [2.24, 2.45) is 0 Å². The first kappa shape index (κ1) is 30.0. The Morgan fingerprint density at radius 1 is 1.26 bits per heavy atom. The van der Waals surface area contributed by atoms with Crippen molar-refractivity contribution in [1.29, 1.82) is 0 Å². The molecule has 6 nitrogen and oxygen atoms in total. The quantitative estimate of drug-likeness (QED) is 0.500. The van der Waals surface area contributed by atoms with E-state index in [1.54, 1.807) is 18.7 Å². The molecule has 0 radical (unpaired) electrons. The Bertz CT molecular complexity index is 629. The molecule has 0 bridgehead atoms. The van der Waals surface area contributed by atoms with Crippen LogP contribution < -0.4 is 10.1 Å². The Balaban J connectivity index is -0.00000144. The van der Waals surface area contributed by atoms with E-state index in [1.165, 1.54) is 0 Å². The smallest absolute Gasteiger partial charge is 0.147 e. The third-order valence-corrected chi connectivity index (χ3v) is 3.63. The molecule has 1 aromatic heterocycles. The van der Waals surface area contributed by atoms with E-state index < -0.39 is 0 Å². The van der Waals surface area contributed by atoms with Gasteiger partial charge in [-0.25, -0.2) is 4.68 Å². The van der Waals surface area contributed by atoms with E-state index in [9.17, 15) is 4.79 Å². The number of likely N-dealkylation sites (N-methyl/N-ethyl adjacent to an activating group) is 1. The maximum atomic E-state index is 11.4. The fourth-order valence-corrected chi connectivity index (χ4v) is 2.23. The number of carbonyl (C=O) groups excluding carboxylic acids is 1. The first-order chi connectivity index (χ1) is 11.1. The van der Waals surface area contributed by atoms with E-state index in [4.69, 9.17) is 4.74 Å². The van der Waals surface area contributed by atoms with Gasteiger partial charge in [0.2, 0.25) is 0 Å². The molecule has 0 unspecified atom stereocenters. The first-order valence-electron chi connectivity index (χ1n) is 7.70. The van der Waals surface area contributed by atoms with Crippen molar-refractivity contribution in [3.05, 3.63) is 70.9 Å². The fourth-order valence-electron chi connectivity index (χ4n) is 2.23. The summed E-state index contributed by atoms with van der Waals surface area (Å²) < 4.78 is 7.45. The standard InChI is InChI=1S/C17H23N4O2.3CH3.Ni/c1-4-15-12-21(20-19-15)9-10-23-16-7-5-14(6-8-16)11-17(18-3)13(2)22;;;;/h5-8,12,17-18H,1,4,9-11H2,2-3H3;3*1H3;/q4*-1;/t17-;;;;/m0..../s1. The van der Waals surface area contributed by atoms with Crippen LogP contribution in [0.25, 0.3) is 0 Å². The maximum absolute atomic E-state index is 11.4. The van der Waals surface area contributed by atoms with Crippen LogP contribution in [0.4, 0.5) is 0 Å². The molecule has 0 saturated heterocycles. The summed E-state index contributed by atoms with van der Waals surface area (Å²) >= 11 is 0. The minimum atomic E-state index is -0.142. The molecule has 7 heteroatoms. The van der Waals surface area contributed by atoms with Crippen LogP contribution in [0.2, 0.25) is 0 Å². The minimum Gasteiger partial charge on any atom is -0.492 e. The summed E-state index contributed by atoms with van der Waals surface area (Å²) in [5.74, 6) is 0.942. The van der Waals surface area contributed by atoms with Gasteiger partial charge in [0.15, 0.2) is 0 Å². The number of aromatic nitrogens is 3. The number of benzene rings is 1. The van der Waals surface area contributed by atoms with Gasteiger partial charge in [-0.2, -0.15) is 0 Å². The zero-order valence-corrected chi connectivity index (χ0v) is 18.0. The summed E-state index contributed by atoms with van der Waals surface area (Å²) in [5.41, 5.74) is 1.97. The number of Topliss-reactive ketones (excluding diaryl/α,β-unsaturated/α-hetero) is 1. The molecule has 1 atom stereocenters. The van der Waals surface area contributed by atoms with Crippen LogP contribution in [0, 0.1) is 29.2 Å². The fraction of sp³-hybridized carbons (Fsp3) is 0.350. The maximum Gasteiger partial charge on any atom is 0.147 e. The van der Waals surface area contributed by atoms with Crippen LogP contribution >= 0.6 is 0 Å². The van der Waals surface area contributed by atoms with Gasteiger partial charge in [-0.15, -0.1) is 11.5 Å². The number of hydrogen-bond donors (Lipinski definition) is 1. The monoisotopic (exact) mass is 418 g/mol. The van der Waals surface area contributed by atoms with Crippen LogP contribution in [0.15, 0.2) is 30.5 Å². The molecular formula is C20H32N4NiO2-4. The molecule has 0 fully saturated rings. The molecular weight excluding hydrogens is 387 g/mol. The molecule has 0 amide bonds. The number of nitrogens with one attached hydrogen (secondary N) is 1. The van der Waals surface area contributed by atoms with E-state index in [0.717, 1.165) is 17.0 Å². The molecule has 1 N–H and O–H groups in total. The van der Waals surface area contributed by atoms with Crippen LogP contribution in [0.5, 0.6) is 5.75 Å². The topological polar surface area (TPSA) is 69.0 Å². The van der Waals surface area contributed by atoms with Crippen molar-refractivity contribution >= 4 is 5.78 Å². The molecule has 1 aromatic carbocycles. The van der Waals surface area contributed by atoms with Crippen molar-refractivity contribution < 1.29 is 26.0 Å². The largest absolute Gasteiger partial charge is 0.492 e. The third-order valence-electron chi connectivity index (χ3n) is 3.63. The van der Waals surface area contributed by atoms with Crippen molar-refractivity contribution in [2.45, 2.75) is 32.4 Å². The number of hydrogen-bond acceptors (Lipinski definition) is 5. The zero-order valence-electron chi connectivity index (χ0n) is 17.0. The van der Waals surface area contributed by atoms with Gasteiger partial charge in [-0.05, 0) is 38.1 Å². The molecule has 2 rings (SSSR count). The van der Waals surface area contributed by atoms with E-state index in [2.05, 4.69) is 22.6 Å². The van der Waals surface area contributed by atoms with Crippen molar-refractivity contribution in [3.63, 3.8) is 0 Å². The number of carbonyl (C=O) groups is 1. The van der Waals surface area contributed by atoms with E-state index >= 15 is 0 Å². The molecule has 0 aliphatic carbocycles. The van der Waals surface area contributed by atoms with Crippen LogP contribution in [-0.2, 0) is 40.7 Å². The van der Waals surface area contributed by atoms with E-state index in [-0.39, 0.29) is 50.6 Å². The summed E-state index contributed by atoms with van der Waals surface area (Å²) in [6.07, 6.45) is 3.19. The summed E-state index contributed by atoms with van der Waals surface area (Å²) in [4.78, 5) is 11.4. The summed E-state index contributed by atoms with van der Waals surface area (Å²) in [6, 6.07) is 7.67. The van der Waals surface area contributed by atoms with Crippen LogP contribution in [0.3, 0.4) is 0 Å².